The highest BCUT2D eigenvalue weighted by Crippen LogP contribution is 2.32. The molecular weight excluding hydrogens is 234 g/mol. The van der Waals surface area contributed by atoms with E-state index in [9.17, 15) is 0 Å². The molecule has 4 heteroatoms. The lowest BCUT2D eigenvalue weighted by Gasteiger charge is -2.18. The second-order valence-corrected chi connectivity index (χ2v) is 3.84. The van der Waals surface area contributed by atoms with Crippen molar-refractivity contribution in [3.8, 4) is 5.75 Å². The highest BCUT2D eigenvalue weighted by Gasteiger charge is 2.15. The minimum absolute atomic E-state index is 0.0219. The van der Waals surface area contributed by atoms with Crippen LogP contribution in [0.3, 0.4) is 0 Å². The van der Waals surface area contributed by atoms with Crippen molar-refractivity contribution in [1.29, 1.82) is 0 Å². The van der Waals surface area contributed by atoms with Gasteiger partial charge in [0.05, 0.1) is 29.1 Å². The van der Waals surface area contributed by atoms with Crippen molar-refractivity contribution in [3.05, 3.63) is 21.9 Å². The first-order chi connectivity index (χ1) is 6.31. The Bertz CT molecular complexity index is 328. The molecule has 0 fully saturated rings. The van der Waals surface area contributed by atoms with Crippen LogP contribution in [0.4, 0.5) is 0 Å². The number of ether oxygens (including phenoxy) is 1. The molecule has 1 aliphatic rings. The van der Waals surface area contributed by atoms with Gasteiger partial charge in [0.2, 0.25) is 0 Å². The molecular formula is C9H10BrNO2. The van der Waals surface area contributed by atoms with Crippen LogP contribution >= 0.6 is 15.9 Å². The van der Waals surface area contributed by atoms with Crippen molar-refractivity contribution in [2.75, 3.05) is 6.61 Å². The number of halogens is 1. The molecule has 0 saturated carbocycles. The van der Waals surface area contributed by atoms with Crippen molar-refractivity contribution in [2.24, 2.45) is 0 Å². The fourth-order valence-electron chi connectivity index (χ4n) is 1.42. The van der Waals surface area contributed by atoms with Crippen LogP contribution in [0.25, 0.3) is 0 Å². The van der Waals surface area contributed by atoms with E-state index in [4.69, 9.17) is 9.84 Å². The van der Waals surface area contributed by atoms with Gasteiger partial charge in [-0.2, -0.15) is 0 Å². The molecule has 0 unspecified atom stereocenters. The number of hydrogen-bond donors (Lipinski definition) is 1. The largest absolute Gasteiger partial charge is 0.490 e. The van der Waals surface area contributed by atoms with Gasteiger partial charge < -0.3 is 9.84 Å². The van der Waals surface area contributed by atoms with Gasteiger partial charge in [-0.25, -0.2) is 0 Å². The first kappa shape index (κ1) is 8.97. The Morgan fingerprint density at radius 2 is 2.46 bits per heavy atom. The lowest BCUT2D eigenvalue weighted by atomic mass is 10.1. The fraction of sp³-hybridized carbons (Fsp3) is 0.444. The highest BCUT2D eigenvalue weighted by molar-refractivity contribution is 9.10. The molecule has 2 rings (SSSR count). The van der Waals surface area contributed by atoms with Crippen molar-refractivity contribution < 1.29 is 9.84 Å². The molecule has 1 aromatic rings. The van der Waals surface area contributed by atoms with E-state index in [2.05, 4.69) is 20.9 Å². The molecule has 0 atom stereocenters. The van der Waals surface area contributed by atoms with Gasteiger partial charge in [0.15, 0.2) is 5.75 Å². The monoisotopic (exact) mass is 243 g/mol. The number of aliphatic hydroxyl groups excluding tert-OH is 1. The summed E-state index contributed by atoms with van der Waals surface area (Å²) in [7, 11) is 0. The molecule has 70 valence electrons. The molecule has 0 aliphatic carbocycles. The number of hydrogen-bond acceptors (Lipinski definition) is 3. The second kappa shape index (κ2) is 3.64. The summed E-state index contributed by atoms with van der Waals surface area (Å²) < 4.78 is 6.35. The molecule has 1 aliphatic heterocycles. The van der Waals surface area contributed by atoms with Gasteiger partial charge in [0, 0.05) is 0 Å². The van der Waals surface area contributed by atoms with Crippen molar-refractivity contribution in [3.63, 3.8) is 0 Å². The zero-order valence-electron chi connectivity index (χ0n) is 7.09. The third kappa shape index (κ3) is 1.69. The number of fused-ring (bicyclic) bond motifs is 1. The molecule has 0 bridgehead atoms. The molecule has 0 saturated heterocycles. The number of nitrogens with zero attached hydrogens (tertiary/aromatic N) is 1. The van der Waals surface area contributed by atoms with Crippen LogP contribution in [0.15, 0.2) is 10.5 Å². The van der Waals surface area contributed by atoms with Crippen LogP contribution in [0, 0.1) is 0 Å². The van der Waals surface area contributed by atoms with Crippen LogP contribution in [-0.2, 0) is 13.0 Å². The van der Waals surface area contributed by atoms with Gasteiger partial charge in [-0.15, -0.1) is 0 Å². The van der Waals surface area contributed by atoms with Crippen molar-refractivity contribution in [1.82, 2.24) is 4.98 Å². The van der Waals surface area contributed by atoms with Gasteiger partial charge in [-0.05, 0) is 34.8 Å². The Balaban J connectivity index is 2.47. The minimum Gasteiger partial charge on any atom is -0.490 e. The summed E-state index contributed by atoms with van der Waals surface area (Å²) in [6.45, 7) is 0.734. The Labute approximate surface area is 84.9 Å². The number of aryl methyl sites for hydroxylation is 1. The molecule has 3 nitrogen and oxygen atoms in total. The average Bonchev–Trinajstić information content (AvgIpc) is 2.18. The van der Waals surface area contributed by atoms with E-state index < -0.39 is 0 Å². The Hall–Kier alpha value is -0.610. The van der Waals surface area contributed by atoms with Crippen molar-refractivity contribution >= 4 is 15.9 Å². The van der Waals surface area contributed by atoms with Crippen LogP contribution in [0.2, 0.25) is 0 Å². The maximum atomic E-state index is 8.94. The van der Waals surface area contributed by atoms with Gasteiger partial charge in [-0.1, -0.05) is 0 Å². The zero-order valence-corrected chi connectivity index (χ0v) is 8.67. The molecule has 1 aromatic heterocycles. The molecule has 1 N–H and O–H groups in total. The van der Waals surface area contributed by atoms with E-state index in [-0.39, 0.29) is 6.61 Å². The average molecular weight is 244 g/mol. The standard InChI is InChI=1S/C9H10BrNO2/c10-7-4-6(5-12)11-8-2-1-3-13-9(7)8/h4,12H,1-3,5H2. The topological polar surface area (TPSA) is 42.4 Å². The SMILES string of the molecule is OCc1cc(Br)c2c(n1)CCCO2. The fourth-order valence-corrected chi connectivity index (χ4v) is 2.03. The van der Waals surface area contributed by atoms with Gasteiger partial charge >= 0.3 is 0 Å². The minimum atomic E-state index is -0.0219. The Morgan fingerprint density at radius 1 is 1.62 bits per heavy atom. The van der Waals surface area contributed by atoms with E-state index in [0.717, 1.165) is 35.4 Å². The van der Waals surface area contributed by atoms with Gasteiger partial charge in [0.1, 0.15) is 0 Å². The molecule has 0 amide bonds. The van der Waals surface area contributed by atoms with Gasteiger partial charge in [0.25, 0.3) is 0 Å². The lowest BCUT2D eigenvalue weighted by Crippen LogP contribution is -2.11. The van der Waals surface area contributed by atoms with E-state index in [1.165, 1.54) is 0 Å². The predicted molar refractivity (Wildman–Crippen MR) is 51.7 cm³/mol. The number of rotatable bonds is 1. The van der Waals surface area contributed by atoms with E-state index in [1.54, 1.807) is 6.07 Å². The van der Waals surface area contributed by atoms with Crippen LogP contribution in [-0.4, -0.2) is 16.7 Å². The maximum absolute atomic E-state index is 8.94. The normalized spacial score (nSPS) is 14.9. The third-order valence-corrected chi connectivity index (χ3v) is 2.61. The Kier molecular flexibility index (Phi) is 2.51. The van der Waals surface area contributed by atoms with Crippen LogP contribution in [0.1, 0.15) is 17.8 Å². The summed E-state index contributed by atoms with van der Waals surface area (Å²) in [5, 5.41) is 8.94. The zero-order chi connectivity index (χ0) is 9.26. The third-order valence-electron chi connectivity index (χ3n) is 2.02. The summed E-state index contributed by atoms with van der Waals surface area (Å²) in [5.74, 6) is 0.837. The van der Waals surface area contributed by atoms with Crippen LogP contribution < -0.4 is 4.74 Å². The first-order valence-corrected chi connectivity index (χ1v) is 5.02. The van der Waals surface area contributed by atoms with E-state index in [1.807, 2.05) is 0 Å². The molecule has 2 heterocycles. The first-order valence-electron chi connectivity index (χ1n) is 4.23. The van der Waals surface area contributed by atoms with Crippen molar-refractivity contribution in [2.45, 2.75) is 19.4 Å². The second-order valence-electron chi connectivity index (χ2n) is 2.98. The summed E-state index contributed by atoms with van der Waals surface area (Å²) in [5.41, 5.74) is 1.64. The quantitative estimate of drug-likeness (QED) is 0.816. The summed E-state index contributed by atoms with van der Waals surface area (Å²) in [6, 6.07) is 1.80. The summed E-state index contributed by atoms with van der Waals surface area (Å²) in [6.07, 6.45) is 1.93. The van der Waals surface area contributed by atoms with E-state index in [0.29, 0.717) is 5.69 Å². The maximum Gasteiger partial charge on any atom is 0.154 e. The predicted octanol–water partition coefficient (Wildman–Crippen LogP) is 1.66. The van der Waals surface area contributed by atoms with Gasteiger partial charge in [-0.3, -0.25) is 4.98 Å². The summed E-state index contributed by atoms with van der Waals surface area (Å²) >= 11 is 3.40. The van der Waals surface area contributed by atoms with E-state index >= 15 is 0 Å². The smallest absolute Gasteiger partial charge is 0.154 e. The number of aromatic nitrogens is 1. The highest BCUT2D eigenvalue weighted by atomic mass is 79.9. The number of aliphatic hydroxyl groups is 1. The molecule has 0 aromatic carbocycles. The van der Waals surface area contributed by atoms with Crippen LogP contribution in [0.5, 0.6) is 5.75 Å². The molecule has 13 heavy (non-hydrogen) atoms. The molecule has 0 spiro atoms. The number of pyridine rings is 1. The lowest BCUT2D eigenvalue weighted by molar-refractivity contribution is 0.267. The summed E-state index contributed by atoms with van der Waals surface area (Å²) in [4.78, 5) is 4.29. The molecule has 0 radical (unpaired) electrons. The Morgan fingerprint density at radius 3 is 3.23 bits per heavy atom.